The van der Waals surface area contributed by atoms with Crippen LogP contribution in [-0.2, 0) is 14.9 Å². The summed E-state index contributed by atoms with van der Waals surface area (Å²) in [6, 6.07) is 14.0. The number of anilines is 1. The van der Waals surface area contributed by atoms with E-state index in [2.05, 4.69) is 10.3 Å². The summed E-state index contributed by atoms with van der Waals surface area (Å²) >= 11 is 5.90. The van der Waals surface area contributed by atoms with E-state index in [0.717, 1.165) is 42.3 Å². The molecule has 6 nitrogen and oxygen atoms in total. The highest BCUT2D eigenvalue weighted by Crippen LogP contribution is 2.41. The predicted octanol–water partition coefficient (Wildman–Crippen LogP) is 6.47. The van der Waals surface area contributed by atoms with Gasteiger partial charge < -0.3 is 5.32 Å². The van der Waals surface area contributed by atoms with Crippen molar-refractivity contribution in [3.05, 3.63) is 71.1 Å². The highest BCUT2D eigenvalue weighted by atomic mass is 35.5. The van der Waals surface area contributed by atoms with Gasteiger partial charge in [0, 0.05) is 28.2 Å². The first-order chi connectivity index (χ1) is 16.6. The molecule has 1 heterocycles. The number of hydrogen-bond donors (Lipinski definition) is 2. The van der Waals surface area contributed by atoms with Gasteiger partial charge in [0.05, 0.1) is 11.3 Å². The standard InChI is InChI=1S/C24H24ClFN2O.C2H6O3S/c1-15(24(29)28-20-9-6-18(25)7-10-20)16-2-4-17(5-3-16)21-12-13-27-23-11-8-19(26)14-22(21)23;1-2-6(3,4)5/h6-17H,2-5H2,1H3,(H,28,29);2H2,1H3,(H,3,4,5)/t15-,16?,17?;/m1./s1. The molecule has 1 atom stereocenters. The third kappa shape index (κ3) is 7.72. The van der Waals surface area contributed by atoms with E-state index in [1.165, 1.54) is 18.6 Å². The maximum atomic E-state index is 13.8. The van der Waals surface area contributed by atoms with Gasteiger partial charge in [0.1, 0.15) is 5.82 Å². The Morgan fingerprint density at radius 2 is 1.77 bits per heavy atom. The molecule has 0 aliphatic heterocycles. The topological polar surface area (TPSA) is 96.4 Å². The van der Waals surface area contributed by atoms with Crippen LogP contribution in [-0.4, -0.2) is 29.6 Å². The molecule has 1 aromatic heterocycles. The van der Waals surface area contributed by atoms with Crippen molar-refractivity contribution in [3.63, 3.8) is 0 Å². The van der Waals surface area contributed by atoms with Gasteiger partial charge >= 0.3 is 0 Å². The SMILES string of the molecule is CCS(=O)(=O)O.C[C@@H](C(=O)Nc1ccc(Cl)cc1)C1CCC(c2ccnc3ccc(F)cc23)CC1. The number of amides is 1. The van der Waals surface area contributed by atoms with Crippen LogP contribution >= 0.6 is 11.6 Å². The first-order valence-electron chi connectivity index (χ1n) is 11.6. The second-order valence-electron chi connectivity index (χ2n) is 8.83. The van der Waals surface area contributed by atoms with E-state index in [0.29, 0.717) is 16.9 Å². The minimum Gasteiger partial charge on any atom is -0.326 e. The van der Waals surface area contributed by atoms with Gasteiger partial charge in [-0.15, -0.1) is 0 Å². The lowest BCUT2D eigenvalue weighted by Gasteiger charge is -2.32. The van der Waals surface area contributed by atoms with Gasteiger partial charge in [-0.1, -0.05) is 18.5 Å². The van der Waals surface area contributed by atoms with E-state index in [-0.39, 0.29) is 23.4 Å². The summed E-state index contributed by atoms with van der Waals surface area (Å²) in [4.78, 5) is 17.0. The molecule has 2 aromatic carbocycles. The van der Waals surface area contributed by atoms with E-state index in [4.69, 9.17) is 16.2 Å². The monoisotopic (exact) mass is 520 g/mol. The van der Waals surface area contributed by atoms with Gasteiger partial charge in [0.15, 0.2) is 0 Å². The van der Waals surface area contributed by atoms with Crippen LogP contribution in [0.15, 0.2) is 54.7 Å². The molecule has 0 bridgehead atoms. The minimum atomic E-state index is -3.66. The van der Waals surface area contributed by atoms with Crippen molar-refractivity contribution in [1.82, 2.24) is 4.98 Å². The van der Waals surface area contributed by atoms with Crippen molar-refractivity contribution in [2.24, 2.45) is 11.8 Å². The number of carbonyl (C=O) groups excluding carboxylic acids is 1. The third-order valence-corrected chi connectivity index (χ3v) is 7.53. The zero-order valence-electron chi connectivity index (χ0n) is 19.7. The number of benzene rings is 2. The lowest BCUT2D eigenvalue weighted by molar-refractivity contribution is -0.121. The number of carbonyl (C=O) groups is 1. The number of rotatable bonds is 5. The summed E-state index contributed by atoms with van der Waals surface area (Å²) < 4.78 is 40.7. The first kappa shape index (κ1) is 27.0. The molecule has 1 saturated carbocycles. The van der Waals surface area contributed by atoms with Crippen LogP contribution in [0.4, 0.5) is 10.1 Å². The van der Waals surface area contributed by atoms with E-state index >= 15 is 0 Å². The second kappa shape index (κ2) is 11.9. The normalized spacial score (nSPS) is 18.9. The average molecular weight is 521 g/mol. The van der Waals surface area contributed by atoms with Gasteiger partial charge in [0.2, 0.25) is 5.91 Å². The fourth-order valence-electron chi connectivity index (χ4n) is 4.43. The molecule has 4 rings (SSSR count). The predicted molar refractivity (Wildman–Crippen MR) is 138 cm³/mol. The Morgan fingerprint density at radius 1 is 1.14 bits per heavy atom. The fraction of sp³-hybridized carbons (Fsp3) is 0.385. The number of pyridine rings is 1. The smallest absolute Gasteiger partial charge is 0.264 e. The van der Waals surface area contributed by atoms with Crippen molar-refractivity contribution < 1.29 is 22.2 Å². The maximum absolute atomic E-state index is 13.8. The molecule has 9 heteroatoms. The lowest BCUT2D eigenvalue weighted by Crippen LogP contribution is -2.29. The maximum Gasteiger partial charge on any atom is 0.264 e. The van der Waals surface area contributed by atoms with Gasteiger partial charge in [-0.3, -0.25) is 14.3 Å². The minimum absolute atomic E-state index is 0.0483. The van der Waals surface area contributed by atoms with E-state index in [1.807, 2.05) is 31.3 Å². The molecule has 1 fully saturated rings. The molecule has 2 N–H and O–H groups in total. The summed E-state index contributed by atoms with van der Waals surface area (Å²) in [7, 11) is -3.66. The lowest BCUT2D eigenvalue weighted by atomic mass is 9.73. The summed E-state index contributed by atoms with van der Waals surface area (Å²) in [6.07, 6.45) is 5.78. The highest BCUT2D eigenvalue weighted by Gasteiger charge is 2.30. The van der Waals surface area contributed by atoms with Crippen molar-refractivity contribution in [1.29, 1.82) is 0 Å². The van der Waals surface area contributed by atoms with Crippen LogP contribution in [0.2, 0.25) is 5.02 Å². The summed E-state index contributed by atoms with van der Waals surface area (Å²) in [5.74, 6) is 0.291. The number of nitrogens with one attached hydrogen (secondary N) is 1. The van der Waals surface area contributed by atoms with Gasteiger partial charge in [-0.2, -0.15) is 8.42 Å². The van der Waals surface area contributed by atoms with E-state index in [1.54, 1.807) is 24.3 Å². The molecule has 1 aliphatic carbocycles. The summed E-state index contributed by atoms with van der Waals surface area (Å²) in [5.41, 5.74) is 2.78. The summed E-state index contributed by atoms with van der Waals surface area (Å²) in [5, 5.41) is 4.55. The van der Waals surface area contributed by atoms with E-state index < -0.39 is 10.1 Å². The molecule has 1 aliphatic rings. The molecule has 0 unspecified atom stereocenters. The highest BCUT2D eigenvalue weighted by molar-refractivity contribution is 7.85. The van der Waals surface area contributed by atoms with Crippen molar-refractivity contribution >= 4 is 44.2 Å². The van der Waals surface area contributed by atoms with Crippen LogP contribution < -0.4 is 5.32 Å². The Labute approximate surface area is 210 Å². The third-order valence-electron chi connectivity index (χ3n) is 6.55. The number of aromatic nitrogens is 1. The molecular formula is C26H30ClFN2O4S. The number of halogens is 2. The molecule has 1 amide bonds. The second-order valence-corrected chi connectivity index (χ2v) is 11.0. The fourth-order valence-corrected chi connectivity index (χ4v) is 4.56. The van der Waals surface area contributed by atoms with Crippen molar-refractivity contribution in [2.75, 3.05) is 11.1 Å². The van der Waals surface area contributed by atoms with Crippen molar-refractivity contribution in [2.45, 2.75) is 45.4 Å². The van der Waals surface area contributed by atoms with Crippen molar-refractivity contribution in [3.8, 4) is 0 Å². The molecule has 0 radical (unpaired) electrons. The molecule has 35 heavy (non-hydrogen) atoms. The van der Waals surface area contributed by atoms with Gasteiger partial charge in [-0.25, -0.2) is 4.39 Å². The zero-order chi connectivity index (χ0) is 25.6. The quantitative estimate of drug-likeness (QED) is 0.376. The largest absolute Gasteiger partial charge is 0.326 e. The molecule has 188 valence electrons. The van der Waals surface area contributed by atoms with E-state index in [9.17, 15) is 17.6 Å². The van der Waals surface area contributed by atoms with Crippen LogP contribution in [0, 0.1) is 17.7 Å². The molecule has 0 spiro atoms. The van der Waals surface area contributed by atoms with Crippen LogP contribution in [0.25, 0.3) is 10.9 Å². The van der Waals surface area contributed by atoms with Crippen LogP contribution in [0.5, 0.6) is 0 Å². The molecule has 0 saturated heterocycles. The number of hydrogen-bond acceptors (Lipinski definition) is 4. The molecule has 3 aromatic rings. The van der Waals surface area contributed by atoms with Gasteiger partial charge in [0.25, 0.3) is 10.1 Å². The average Bonchev–Trinajstić information content (AvgIpc) is 2.84. The Hall–Kier alpha value is -2.55. The molecular weight excluding hydrogens is 491 g/mol. The van der Waals surface area contributed by atoms with Crippen LogP contribution in [0.1, 0.15) is 51.0 Å². The number of fused-ring (bicyclic) bond motifs is 1. The zero-order valence-corrected chi connectivity index (χ0v) is 21.3. The van der Waals surface area contributed by atoms with Gasteiger partial charge in [-0.05, 0) is 98.5 Å². The Balaban J connectivity index is 0.000000509. The Kier molecular flexibility index (Phi) is 9.21. The Morgan fingerprint density at radius 3 is 2.37 bits per heavy atom. The first-order valence-corrected chi connectivity index (χ1v) is 13.6. The van der Waals surface area contributed by atoms with Crippen LogP contribution in [0.3, 0.4) is 0 Å². The number of nitrogens with zero attached hydrogens (tertiary/aromatic N) is 1. The summed E-state index contributed by atoms with van der Waals surface area (Å²) in [6.45, 7) is 3.38. The Bertz CT molecular complexity index is 1260.